The van der Waals surface area contributed by atoms with Gasteiger partial charge in [-0.15, -0.1) is 0 Å². The zero-order chi connectivity index (χ0) is 19.7. The van der Waals surface area contributed by atoms with E-state index in [-0.39, 0.29) is 24.1 Å². The van der Waals surface area contributed by atoms with Crippen LogP contribution in [0.25, 0.3) is 17.1 Å². The molecule has 3 aromatic heterocycles. The van der Waals surface area contributed by atoms with E-state index in [1.54, 1.807) is 60.4 Å². The van der Waals surface area contributed by atoms with E-state index in [2.05, 4.69) is 20.3 Å². The Labute approximate surface area is 160 Å². The number of amides is 2. The second-order valence-electron chi connectivity index (χ2n) is 6.40. The summed E-state index contributed by atoms with van der Waals surface area (Å²) in [5.41, 5.74) is 2.28. The molecule has 0 atom stereocenters. The van der Waals surface area contributed by atoms with Gasteiger partial charge in [-0.25, -0.2) is 9.67 Å². The zero-order valence-electron chi connectivity index (χ0n) is 15.5. The first-order valence-corrected chi connectivity index (χ1v) is 8.70. The van der Waals surface area contributed by atoms with Gasteiger partial charge >= 0.3 is 0 Å². The van der Waals surface area contributed by atoms with Crippen molar-refractivity contribution in [3.05, 3.63) is 42.4 Å². The second kappa shape index (κ2) is 7.14. The van der Waals surface area contributed by atoms with Gasteiger partial charge in [-0.05, 0) is 18.2 Å². The zero-order valence-corrected chi connectivity index (χ0v) is 15.5. The van der Waals surface area contributed by atoms with Crippen molar-refractivity contribution in [2.75, 3.05) is 33.8 Å². The van der Waals surface area contributed by atoms with E-state index in [0.717, 1.165) is 0 Å². The highest BCUT2D eigenvalue weighted by Gasteiger charge is 2.28. The molecule has 1 aliphatic rings. The number of rotatable bonds is 4. The highest BCUT2D eigenvalue weighted by molar-refractivity contribution is 5.96. The smallest absolute Gasteiger partial charge is 0.274 e. The molecule has 0 aliphatic carbocycles. The molecule has 1 N–H and O–H groups in total. The second-order valence-corrected chi connectivity index (χ2v) is 6.40. The number of hydrogen-bond donors (Lipinski definition) is 1. The van der Waals surface area contributed by atoms with Gasteiger partial charge in [-0.2, -0.15) is 10.2 Å². The number of nitrogens with one attached hydrogen (secondary N) is 1. The van der Waals surface area contributed by atoms with Crippen LogP contribution in [0, 0.1) is 0 Å². The third kappa shape index (κ3) is 3.20. The summed E-state index contributed by atoms with van der Waals surface area (Å²) in [6.45, 7) is 1.02. The average Bonchev–Trinajstić information content (AvgIpc) is 3.39. The molecule has 4 rings (SSSR count). The topological polar surface area (TPSA) is 109 Å². The molecule has 0 spiro atoms. The number of ether oxygens (including phenoxy) is 1. The molecule has 144 valence electrons. The predicted molar refractivity (Wildman–Crippen MR) is 99.0 cm³/mol. The van der Waals surface area contributed by atoms with Crippen LogP contribution in [0.15, 0.2) is 36.7 Å². The average molecular weight is 381 g/mol. The van der Waals surface area contributed by atoms with Gasteiger partial charge in [0.05, 0.1) is 30.4 Å². The van der Waals surface area contributed by atoms with E-state index in [9.17, 15) is 9.59 Å². The van der Waals surface area contributed by atoms with Crippen molar-refractivity contribution in [2.45, 2.75) is 0 Å². The summed E-state index contributed by atoms with van der Waals surface area (Å²) in [5.74, 6) is 0.0980. The summed E-state index contributed by atoms with van der Waals surface area (Å²) < 4.78 is 6.71. The van der Waals surface area contributed by atoms with Crippen molar-refractivity contribution in [1.82, 2.24) is 34.8 Å². The van der Waals surface area contributed by atoms with Crippen LogP contribution in [-0.4, -0.2) is 80.4 Å². The van der Waals surface area contributed by atoms with E-state index in [1.807, 2.05) is 0 Å². The Morgan fingerprint density at radius 2 is 2.11 bits per heavy atom. The van der Waals surface area contributed by atoms with Crippen LogP contribution >= 0.6 is 0 Å². The number of nitrogens with zero attached hydrogens (tertiary/aromatic N) is 6. The van der Waals surface area contributed by atoms with Crippen LogP contribution < -0.4 is 4.74 Å². The lowest BCUT2D eigenvalue weighted by molar-refractivity contribution is -0.133. The van der Waals surface area contributed by atoms with Crippen LogP contribution in [0.4, 0.5) is 0 Å². The molecule has 10 nitrogen and oxygen atoms in total. The van der Waals surface area contributed by atoms with Gasteiger partial charge < -0.3 is 14.5 Å². The summed E-state index contributed by atoms with van der Waals surface area (Å²) >= 11 is 0. The van der Waals surface area contributed by atoms with E-state index in [0.29, 0.717) is 36.0 Å². The van der Waals surface area contributed by atoms with Gasteiger partial charge in [0.25, 0.3) is 5.91 Å². The van der Waals surface area contributed by atoms with Crippen molar-refractivity contribution in [1.29, 1.82) is 0 Å². The molecule has 0 unspecified atom stereocenters. The molecule has 3 aromatic rings. The van der Waals surface area contributed by atoms with Gasteiger partial charge in [0.2, 0.25) is 11.8 Å². The lowest BCUT2D eigenvalue weighted by atomic mass is 10.2. The molecule has 1 aliphatic heterocycles. The number of aromatic nitrogens is 5. The first kappa shape index (κ1) is 17.7. The molecule has 10 heteroatoms. The number of hydrogen-bond acceptors (Lipinski definition) is 6. The fourth-order valence-corrected chi connectivity index (χ4v) is 2.99. The number of methoxy groups -OCH3 is 1. The van der Waals surface area contributed by atoms with Crippen molar-refractivity contribution in [3.8, 4) is 23.0 Å². The van der Waals surface area contributed by atoms with Crippen molar-refractivity contribution >= 4 is 11.8 Å². The molecule has 2 amide bonds. The van der Waals surface area contributed by atoms with Crippen molar-refractivity contribution < 1.29 is 14.3 Å². The van der Waals surface area contributed by atoms with Crippen LogP contribution in [0.5, 0.6) is 5.88 Å². The summed E-state index contributed by atoms with van der Waals surface area (Å²) in [4.78, 5) is 32.2. The lowest BCUT2D eigenvalue weighted by Crippen LogP contribution is -2.50. The largest absolute Gasteiger partial charge is 0.481 e. The fourth-order valence-electron chi connectivity index (χ4n) is 2.99. The lowest BCUT2D eigenvalue weighted by Gasteiger charge is -2.31. The number of carbonyl (C=O) groups is 2. The molecule has 0 saturated carbocycles. The Hall–Kier alpha value is -3.69. The number of H-pyrrole nitrogens is 1. The molecule has 0 radical (unpaired) electrons. The first-order valence-electron chi connectivity index (χ1n) is 8.70. The normalized spacial score (nSPS) is 14.4. The van der Waals surface area contributed by atoms with Gasteiger partial charge in [0.1, 0.15) is 6.54 Å². The van der Waals surface area contributed by atoms with Crippen LogP contribution in [0.3, 0.4) is 0 Å². The Bertz CT molecular complexity index is 995. The maximum Gasteiger partial charge on any atom is 0.274 e. The molecule has 28 heavy (non-hydrogen) atoms. The first-order chi connectivity index (χ1) is 13.6. The molecule has 1 fully saturated rings. The Kier molecular flexibility index (Phi) is 4.52. The van der Waals surface area contributed by atoms with Gasteiger partial charge in [-0.3, -0.25) is 14.7 Å². The van der Waals surface area contributed by atoms with Crippen LogP contribution in [0.2, 0.25) is 0 Å². The minimum absolute atomic E-state index is 0.0473. The standard InChI is InChI=1S/C18H19N7O3/c1-23-7-8-24(11-17(23)26)18(27)14-9-15(13-5-6-20-21-13)25(22-14)12-3-4-16(28-2)19-10-12/h3-6,9-10H,7-8,11H2,1-2H3,(H,20,21). The summed E-state index contributed by atoms with van der Waals surface area (Å²) in [5, 5.41) is 11.3. The van der Waals surface area contributed by atoms with E-state index < -0.39 is 0 Å². The quantitative estimate of drug-likeness (QED) is 0.708. The molecular weight excluding hydrogens is 362 g/mol. The van der Waals surface area contributed by atoms with Gasteiger partial charge in [-0.1, -0.05) is 0 Å². The minimum atomic E-state index is -0.289. The SMILES string of the molecule is COc1ccc(-n2nc(C(=O)N3CCN(C)C(=O)C3)cc2-c2ccn[nH]2)cn1. The number of likely N-dealkylation sites (N-methyl/N-ethyl adjacent to an activating group) is 1. The Morgan fingerprint density at radius 1 is 1.25 bits per heavy atom. The molecule has 1 saturated heterocycles. The molecule has 0 bridgehead atoms. The molecule has 0 aromatic carbocycles. The third-order valence-corrected chi connectivity index (χ3v) is 4.62. The van der Waals surface area contributed by atoms with Crippen molar-refractivity contribution in [3.63, 3.8) is 0 Å². The molecular formula is C18H19N7O3. The summed E-state index contributed by atoms with van der Waals surface area (Å²) in [6, 6.07) is 6.99. The number of piperazine rings is 1. The maximum atomic E-state index is 12.9. The van der Waals surface area contributed by atoms with Crippen LogP contribution in [-0.2, 0) is 4.79 Å². The van der Waals surface area contributed by atoms with E-state index in [4.69, 9.17) is 4.74 Å². The van der Waals surface area contributed by atoms with Gasteiger partial charge in [0.15, 0.2) is 5.69 Å². The Morgan fingerprint density at radius 3 is 2.75 bits per heavy atom. The fraction of sp³-hybridized carbons (Fsp3) is 0.278. The monoisotopic (exact) mass is 381 g/mol. The number of pyridine rings is 1. The third-order valence-electron chi connectivity index (χ3n) is 4.62. The highest BCUT2D eigenvalue weighted by Crippen LogP contribution is 2.23. The number of aromatic amines is 1. The number of carbonyl (C=O) groups excluding carboxylic acids is 2. The summed E-state index contributed by atoms with van der Waals surface area (Å²) in [6.07, 6.45) is 3.24. The molecule has 4 heterocycles. The predicted octanol–water partition coefficient (Wildman–Crippen LogP) is 0.580. The van der Waals surface area contributed by atoms with Crippen LogP contribution in [0.1, 0.15) is 10.5 Å². The highest BCUT2D eigenvalue weighted by atomic mass is 16.5. The summed E-state index contributed by atoms with van der Waals surface area (Å²) in [7, 11) is 3.27. The van der Waals surface area contributed by atoms with Gasteiger partial charge in [0, 0.05) is 32.4 Å². The van der Waals surface area contributed by atoms with E-state index >= 15 is 0 Å². The van der Waals surface area contributed by atoms with Crippen molar-refractivity contribution in [2.24, 2.45) is 0 Å². The Balaban J connectivity index is 1.71. The minimum Gasteiger partial charge on any atom is -0.481 e. The van der Waals surface area contributed by atoms with E-state index in [1.165, 1.54) is 4.90 Å². The maximum absolute atomic E-state index is 12.9.